The fourth-order valence-electron chi connectivity index (χ4n) is 4.55. The van der Waals surface area contributed by atoms with E-state index in [-0.39, 0.29) is 0 Å². The molecule has 4 nitrogen and oxygen atoms in total. The summed E-state index contributed by atoms with van der Waals surface area (Å²) in [7, 11) is 0. The van der Waals surface area contributed by atoms with Crippen molar-refractivity contribution in [2.24, 2.45) is 0 Å². The van der Waals surface area contributed by atoms with Crippen LogP contribution in [0.3, 0.4) is 0 Å². The molecule has 4 rings (SSSR count). The minimum atomic E-state index is 0.707. The van der Waals surface area contributed by atoms with Gasteiger partial charge in [-0.2, -0.15) is 5.26 Å². The van der Waals surface area contributed by atoms with Gasteiger partial charge in [0.15, 0.2) is 0 Å². The van der Waals surface area contributed by atoms with Crippen LogP contribution < -0.4 is 0 Å². The van der Waals surface area contributed by atoms with E-state index in [0.29, 0.717) is 6.04 Å². The third-order valence-electron chi connectivity index (χ3n) is 6.06. The molecule has 136 valence electrons. The molecule has 0 spiro atoms. The molecule has 0 N–H and O–H groups in total. The maximum absolute atomic E-state index is 9.23. The van der Waals surface area contributed by atoms with Crippen LogP contribution in [-0.4, -0.2) is 46.6 Å². The minimum Gasteiger partial charge on any atom is -0.339 e. The summed E-state index contributed by atoms with van der Waals surface area (Å²) in [6.07, 6.45) is 5.87. The van der Waals surface area contributed by atoms with Gasteiger partial charge in [0.25, 0.3) is 0 Å². The van der Waals surface area contributed by atoms with Crippen molar-refractivity contribution in [3.63, 3.8) is 0 Å². The van der Waals surface area contributed by atoms with Crippen LogP contribution in [0.2, 0.25) is 0 Å². The summed E-state index contributed by atoms with van der Waals surface area (Å²) in [4.78, 5) is 5.23. The number of hydrogen-bond donors (Lipinski definition) is 0. The maximum Gasteiger partial charge on any atom is 0.120 e. The fourth-order valence-corrected chi connectivity index (χ4v) is 4.55. The van der Waals surface area contributed by atoms with Crippen molar-refractivity contribution < 1.29 is 0 Å². The van der Waals surface area contributed by atoms with Gasteiger partial charge in [0.2, 0.25) is 0 Å². The highest BCUT2D eigenvalue weighted by molar-refractivity contribution is 5.30. The van der Waals surface area contributed by atoms with E-state index >= 15 is 0 Å². The first-order valence-electron chi connectivity index (χ1n) is 9.89. The maximum atomic E-state index is 9.23. The number of nitriles is 1. The lowest BCUT2D eigenvalue weighted by Crippen LogP contribution is -2.51. The van der Waals surface area contributed by atoms with Crippen LogP contribution in [0.4, 0.5) is 0 Å². The predicted octanol–water partition coefficient (Wildman–Crippen LogP) is 3.05. The molecule has 1 aromatic carbocycles. The van der Waals surface area contributed by atoms with Crippen LogP contribution in [0, 0.1) is 11.3 Å². The lowest BCUT2D eigenvalue weighted by Gasteiger charge is -2.41. The summed E-state index contributed by atoms with van der Waals surface area (Å²) in [5, 5.41) is 9.23. The van der Waals surface area contributed by atoms with Gasteiger partial charge in [-0.15, -0.1) is 0 Å². The van der Waals surface area contributed by atoms with Crippen LogP contribution in [-0.2, 0) is 25.9 Å². The fraction of sp³-hybridized carbons (Fsp3) is 0.500. The van der Waals surface area contributed by atoms with Crippen molar-refractivity contribution >= 4 is 0 Å². The molecule has 0 bridgehead atoms. The van der Waals surface area contributed by atoms with Crippen molar-refractivity contribution in [1.29, 1.82) is 5.26 Å². The largest absolute Gasteiger partial charge is 0.339 e. The lowest BCUT2D eigenvalue weighted by atomic mass is 9.87. The Bertz CT molecular complexity index is 793. The Morgan fingerprint density at radius 2 is 1.88 bits per heavy atom. The molecule has 1 fully saturated rings. The quantitative estimate of drug-likeness (QED) is 0.852. The molecule has 0 amide bonds. The van der Waals surface area contributed by atoms with E-state index in [1.165, 1.54) is 24.8 Å². The highest BCUT2D eigenvalue weighted by Crippen LogP contribution is 2.25. The first kappa shape index (κ1) is 17.3. The molecule has 0 radical (unpaired) electrons. The number of aromatic nitrogens is 1. The number of fused-ring (bicyclic) bond motifs is 1. The van der Waals surface area contributed by atoms with Gasteiger partial charge in [-0.3, -0.25) is 9.80 Å². The third-order valence-corrected chi connectivity index (χ3v) is 6.06. The summed E-state index contributed by atoms with van der Waals surface area (Å²) in [5.74, 6) is 0. The highest BCUT2D eigenvalue weighted by Gasteiger charge is 2.27. The molecular weight excluding hydrogens is 320 g/mol. The van der Waals surface area contributed by atoms with Gasteiger partial charge in [0.1, 0.15) is 11.8 Å². The molecule has 0 saturated carbocycles. The second kappa shape index (κ2) is 7.65. The van der Waals surface area contributed by atoms with E-state index in [1.807, 2.05) is 10.6 Å². The van der Waals surface area contributed by atoms with Gasteiger partial charge in [-0.25, -0.2) is 0 Å². The molecule has 4 heteroatoms. The van der Waals surface area contributed by atoms with E-state index in [4.69, 9.17) is 0 Å². The Kier molecular flexibility index (Phi) is 5.10. The van der Waals surface area contributed by atoms with E-state index in [2.05, 4.69) is 53.3 Å². The normalized spacial score (nSPS) is 21.3. The molecule has 1 aliphatic carbocycles. The van der Waals surface area contributed by atoms with Gasteiger partial charge in [0, 0.05) is 51.5 Å². The topological polar surface area (TPSA) is 35.2 Å². The van der Waals surface area contributed by atoms with Crippen molar-refractivity contribution in [3.8, 4) is 6.07 Å². The van der Waals surface area contributed by atoms with Crippen LogP contribution in [0.5, 0.6) is 0 Å². The lowest BCUT2D eigenvalue weighted by molar-refractivity contribution is 0.0856. The zero-order valence-electron chi connectivity index (χ0n) is 15.7. The van der Waals surface area contributed by atoms with Gasteiger partial charge < -0.3 is 4.57 Å². The van der Waals surface area contributed by atoms with Gasteiger partial charge >= 0.3 is 0 Å². The Morgan fingerprint density at radius 3 is 2.58 bits per heavy atom. The van der Waals surface area contributed by atoms with E-state index in [1.54, 1.807) is 11.1 Å². The molecule has 0 unspecified atom stereocenters. The zero-order valence-corrected chi connectivity index (χ0v) is 15.7. The average molecular weight is 348 g/mol. The Hall–Kier alpha value is -2.09. The number of aryl methyl sites for hydroxylation is 2. The molecule has 1 aromatic heterocycles. The summed E-state index contributed by atoms with van der Waals surface area (Å²) in [5.41, 5.74) is 5.15. The highest BCUT2D eigenvalue weighted by atomic mass is 15.3. The van der Waals surface area contributed by atoms with Crippen molar-refractivity contribution in [2.45, 2.75) is 45.3 Å². The molecule has 1 atom stereocenters. The molecule has 2 aromatic rings. The van der Waals surface area contributed by atoms with Crippen molar-refractivity contribution in [2.75, 3.05) is 26.2 Å². The summed E-state index contributed by atoms with van der Waals surface area (Å²) < 4.78 is 2.05. The van der Waals surface area contributed by atoms with Crippen molar-refractivity contribution in [1.82, 2.24) is 14.4 Å². The molecule has 1 aliphatic heterocycles. The van der Waals surface area contributed by atoms with Gasteiger partial charge in [-0.05, 0) is 48.9 Å². The second-order valence-electron chi connectivity index (χ2n) is 7.61. The first-order valence-corrected chi connectivity index (χ1v) is 9.89. The average Bonchev–Trinajstić information content (AvgIpc) is 3.10. The first-order chi connectivity index (χ1) is 12.8. The SMILES string of the molecule is CCn1cc(CN2CCN([C@@H]3CCc4ccccc4C3)CC2)cc1C#N. The molecule has 2 heterocycles. The monoisotopic (exact) mass is 348 g/mol. The summed E-state index contributed by atoms with van der Waals surface area (Å²) in [6.45, 7) is 8.47. The van der Waals surface area contributed by atoms with Gasteiger partial charge in [-0.1, -0.05) is 24.3 Å². The van der Waals surface area contributed by atoms with Crippen LogP contribution in [0.15, 0.2) is 36.5 Å². The Morgan fingerprint density at radius 1 is 1.12 bits per heavy atom. The van der Waals surface area contributed by atoms with Gasteiger partial charge in [0.05, 0.1) is 0 Å². The van der Waals surface area contributed by atoms with E-state index < -0.39 is 0 Å². The number of hydrogen-bond acceptors (Lipinski definition) is 3. The smallest absolute Gasteiger partial charge is 0.120 e. The Labute approximate surface area is 156 Å². The number of rotatable bonds is 4. The molecule has 26 heavy (non-hydrogen) atoms. The Balaban J connectivity index is 1.32. The summed E-state index contributed by atoms with van der Waals surface area (Å²) in [6, 6.07) is 14.0. The number of piperazine rings is 1. The van der Waals surface area contributed by atoms with Crippen LogP contribution in [0.1, 0.15) is 35.7 Å². The standard InChI is InChI=1S/C22H28N4/c1-2-25-17-18(13-22(25)15-23)16-24-9-11-26(12-10-24)21-8-7-19-5-3-4-6-20(19)14-21/h3-6,13,17,21H,2,7-12,14,16H2,1H3/t21-/m1/s1. The predicted molar refractivity (Wildman–Crippen MR) is 104 cm³/mol. The summed E-state index contributed by atoms with van der Waals surface area (Å²) >= 11 is 0. The minimum absolute atomic E-state index is 0.707. The van der Waals surface area contributed by atoms with Crippen molar-refractivity contribution in [3.05, 3.63) is 58.9 Å². The molecule has 2 aliphatic rings. The van der Waals surface area contributed by atoms with Crippen LogP contribution >= 0.6 is 0 Å². The number of nitrogens with zero attached hydrogens (tertiary/aromatic N) is 4. The van der Waals surface area contributed by atoms with Crippen LogP contribution in [0.25, 0.3) is 0 Å². The van der Waals surface area contributed by atoms with E-state index in [9.17, 15) is 5.26 Å². The second-order valence-corrected chi connectivity index (χ2v) is 7.61. The zero-order chi connectivity index (χ0) is 17.9. The van der Waals surface area contributed by atoms with E-state index in [0.717, 1.165) is 45.0 Å². The molecular formula is C22H28N4. The number of benzene rings is 1. The molecule has 1 saturated heterocycles. The third kappa shape index (κ3) is 3.56.